The summed E-state index contributed by atoms with van der Waals surface area (Å²) in [5.74, 6) is -1.48. The lowest BCUT2D eigenvalue weighted by molar-refractivity contribution is -0.309. The summed E-state index contributed by atoms with van der Waals surface area (Å²) < 4.78 is 15.8. The molecule has 0 saturated heterocycles. The molecule has 0 fully saturated rings. The molecule has 2 aromatic rings. The Balaban J connectivity index is 2.42. The fourth-order valence-electron chi connectivity index (χ4n) is 2.80. The number of ether oxygens (including phenoxy) is 2. The average Bonchev–Trinajstić information content (AvgIpc) is 2.61. The summed E-state index contributed by atoms with van der Waals surface area (Å²) in [6, 6.07) is 2.05. The second-order valence-electron chi connectivity index (χ2n) is 6.48. The van der Waals surface area contributed by atoms with Crippen LogP contribution in [-0.4, -0.2) is 32.1 Å². The van der Waals surface area contributed by atoms with E-state index >= 15 is 0 Å². The van der Waals surface area contributed by atoms with Crippen LogP contribution in [0, 0.1) is 12.8 Å². The predicted octanol–water partition coefficient (Wildman–Crippen LogP) is 0.552. The van der Waals surface area contributed by atoms with Crippen molar-refractivity contribution in [2.45, 2.75) is 33.2 Å². The molecular formula is C19H22NO7-. The summed E-state index contributed by atoms with van der Waals surface area (Å²) in [5, 5.41) is 14.1. The molecule has 0 aliphatic carbocycles. The molecular weight excluding hydrogens is 354 g/mol. The summed E-state index contributed by atoms with van der Waals surface area (Å²) in [7, 11) is 2.95. The van der Waals surface area contributed by atoms with Crippen LogP contribution in [-0.2, 0) is 16.0 Å². The third-order valence-corrected chi connectivity index (χ3v) is 4.37. The third-order valence-electron chi connectivity index (χ3n) is 4.37. The molecule has 2 rings (SSSR count). The minimum Gasteiger partial charge on any atom is -0.548 e. The fraction of sp³-hybridized carbons (Fsp3) is 0.421. The number of benzene rings is 1. The Morgan fingerprint density at radius 3 is 2.30 bits per heavy atom. The smallest absolute Gasteiger partial charge is 0.340 e. The second-order valence-corrected chi connectivity index (χ2v) is 6.48. The average molecular weight is 376 g/mol. The molecule has 0 aliphatic rings. The second kappa shape index (κ2) is 8.11. The maximum absolute atomic E-state index is 12.3. The molecule has 0 aliphatic heterocycles. The number of methoxy groups -OCH3 is 2. The fourth-order valence-corrected chi connectivity index (χ4v) is 2.80. The van der Waals surface area contributed by atoms with Crippen molar-refractivity contribution in [2.24, 2.45) is 5.92 Å². The van der Waals surface area contributed by atoms with Gasteiger partial charge in [0.05, 0.1) is 38.2 Å². The number of carboxylic acids is 1. The van der Waals surface area contributed by atoms with Crippen molar-refractivity contribution >= 4 is 22.8 Å². The molecule has 1 heterocycles. The number of rotatable bonds is 7. The molecule has 1 aromatic heterocycles. The van der Waals surface area contributed by atoms with Crippen LogP contribution in [0.2, 0.25) is 0 Å². The lowest BCUT2D eigenvalue weighted by atomic mass is 10.0. The SMILES string of the molecule is COc1cc2oc(=O)c(CC(=O)N[C@H](C(=O)[O-])C(C)C)c(C)c2cc1OC. The van der Waals surface area contributed by atoms with E-state index in [0.717, 1.165) is 0 Å². The van der Waals surface area contributed by atoms with Gasteiger partial charge in [-0.25, -0.2) is 4.79 Å². The Hall–Kier alpha value is -3.03. The summed E-state index contributed by atoms with van der Waals surface area (Å²) in [6.07, 6.45) is -0.311. The van der Waals surface area contributed by atoms with Gasteiger partial charge in [-0.05, 0) is 24.5 Å². The summed E-state index contributed by atoms with van der Waals surface area (Å²) in [6.45, 7) is 4.98. The van der Waals surface area contributed by atoms with Gasteiger partial charge in [0.2, 0.25) is 5.91 Å². The maximum atomic E-state index is 12.3. The highest BCUT2D eigenvalue weighted by Gasteiger charge is 2.21. The number of hydrogen-bond acceptors (Lipinski definition) is 7. The molecule has 1 aromatic carbocycles. The molecule has 27 heavy (non-hydrogen) atoms. The third kappa shape index (κ3) is 4.21. The Labute approximate surface area is 156 Å². The summed E-state index contributed by atoms with van der Waals surface area (Å²) in [4.78, 5) is 35.8. The van der Waals surface area contributed by atoms with Crippen molar-refractivity contribution in [3.05, 3.63) is 33.7 Å². The number of aliphatic carboxylic acids is 1. The molecule has 0 radical (unpaired) electrons. The van der Waals surface area contributed by atoms with Gasteiger partial charge in [0.1, 0.15) is 5.58 Å². The molecule has 0 saturated carbocycles. The largest absolute Gasteiger partial charge is 0.548 e. The summed E-state index contributed by atoms with van der Waals surface area (Å²) >= 11 is 0. The van der Waals surface area contributed by atoms with E-state index in [1.165, 1.54) is 20.3 Å². The van der Waals surface area contributed by atoms with E-state index in [1.54, 1.807) is 26.8 Å². The molecule has 0 unspecified atom stereocenters. The number of aryl methyl sites for hydroxylation is 1. The first-order valence-corrected chi connectivity index (χ1v) is 8.38. The van der Waals surface area contributed by atoms with Crippen molar-refractivity contribution < 1.29 is 28.6 Å². The molecule has 8 nitrogen and oxygen atoms in total. The van der Waals surface area contributed by atoms with Gasteiger partial charge in [-0.1, -0.05) is 13.8 Å². The molecule has 146 valence electrons. The van der Waals surface area contributed by atoms with E-state index in [2.05, 4.69) is 5.32 Å². The Morgan fingerprint density at radius 2 is 1.78 bits per heavy atom. The van der Waals surface area contributed by atoms with Crippen LogP contribution in [0.5, 0.6) is 11.5 Å². The highest BCUT2D eigenvalue weighted by Crippen LogP contribution is 2.33. The number of carbonyl (C=O) groups is 2. The van der Waals surface area contributed by atoms with Gasteiger partial charge in [-0.2, -0.15) is 0 Å². The van der Waals surface area contributed by atoms with Crippen LogP contribution in [0.25, 0.3) is 11.0 Å². The first-order valence-electron chi connectivity index (χ1n) is 8.38. The standard InChI is InChI=1S/C19H23NO7/c1-9(2)17(18(22)23)20-16(21)7-12-10(3)11-6-14(25-4)15(26-5)8-13(11)27-19(12)24/h6,8-9,17H,7H2,1-5H3,(H,20,21)(H,22,23)/p-1/t17-/m0/s1. The minimum absolute atomic E-state index is 0.146. The first-order chi connectivity index (χ1) is 12.7. The number of hydrogen-bond donors (Lipinski definition) is 1. The molecule has 0 spiro atoms. The maximum Gasteiger partial charge on any atom is 0.340 e. The zero-order valence-corrected chi connectivity index (χ0v) is 15.9. The van der Waals surface area contributed by atoms with Gasteiger partial charge in [0.15, 0.2) is 11.5 Å². The Bertz CT molecular complexity index is 930. The number of amides is 1. The van der Waals surface area contributed by atoms with Gasteiger partial charge in [0.25, 0.3) is 0 Å². The number of fused-ring (bicyclic) bond motifs is 1. The zero-order chi connectivity index (χ0) is 20.3. The quantitative estimate of drug-likeness (QED) is 0.701. The highest BCUT2D eigenvalue weighted by atomic mass is 16.5. The van der Waals surface area contributed by atoms with E-state index in [0.29, 0.717) is 28.0 Å². The van der Waals surface area contributed by atoms with Crippen molar-refractivity contribution in [2.75, 3.05) is 14.2 Å². The van der Waals surface area contributed by atoms with Gasteiger partial charge in [-0.3, -0.25) is 4.79 Å². The molecule has 0 bridgehead atoms. The van der Waals surface area contributed by atoms with E-state index in [-0.39, 0.29) is 17.9 Å². The summed E-state index contributed by atoms with van der Waals surface area (Å²) in [5.41, 5.74) is 0.325. The van der Waals surface area contributed by atoms with Crippen molar-refractivity contribution in [3.8, 4) is 11.5 Å². The van der Waals surface area contributed by atoms with Crippen molar-refractivity contribution in [3.63, 3.8) is 0 Å². The number of nitrogens with one attached hydrogen (secondary N) is 1. The van der Waals surface area contributed by atoms with E-state index in [1.807, 2.05) is 0 Å². The van der Waals surface area contributed by atoms with Gasteiger partial charge in [0, 0.05) is 11.5 Å². The topological polar surface area (TPSA) is 118 Å². The van der Waals surface area contributed by atoms with Crippen LogP contribution in [0.1, 0.15) is 25.0 Å². The van der Waals surface area contributed by atoms with E-state index in [9.17, 15) is 19.5 Å². The molecule has 1 N–H and O–H groups in total. The lowest BCUT2D eigenvalue weighted by Crippen LogP contribution is -2.51. The monoisotopic (exact) mass is 376 g/mol. The van der Waals surface area contributed by atoms with Gasteiger partial charge in [-0.15, -0.1) is 0 Å². The van der Waals surface area contributed by atoms with E-state index in [4.69, 9.17) is 13.9 Å². The number of carbonyl (C=O) groups excluding carboxylic acids is 2. The first kappa shape index (κ1) is 20.3. The van der Waals surface area contributed by atoms with Crippen molar-refractivity contribution in [1.82, 2.24) is 5.32 Å². The van der Waals surface area contributed by atoms with Crippen LogP contribution < -0.4 is 25.5 Å². The van der Waals surface area contributed by atoms with Crippen LogP contribution >= 0.6 is 0 Å². The van der Waals surface area contributed by atoms with Crippen LogP contribution in [0.3, 0.4) is 0 Å². The highest BCUT2D eigenvalue weighted by molar-refractivity contribution is 5.88. The zero-order valence-electron chi connectivity index (χ0n) is 15.9. The van der Waals surface area contributed by atoms with Crippen molar-refractivity contribution in [1.29, 1.82) is 0 Å². The molecule has 1 atom stereocenters. The molecule has 8 heteroatoms. The van der Waals surface area contributed by atoms with Crippen LogP contribution in [0.4, 0.5) is 0 Å². The number of carboxylic acid groups (broad SMARTS) is 1. The lowest BCUT2D eigenvalue weighted by Gasteiger charge is -2.23. The normalized spacial score (nSPS) is 12.1. The van der Waals surface area contributed by atoms with E-state index < -0.39 is 23.5 Å². The Kier molecular flexibility index (Phi) is 6.09. The van der Waals surface area contributed by atoms with Gasteiger partial charge < -0.3 is 29.1 Å². The Morgan fingerprint density at radius 1 is 1.19 bits per heavy atom. The molecule has 1 amide bonds. The van der Waals surface area contributed by atoms with Gasteiger partial charge >= 0.3 is 5.63 Å². The minimum atomic E-state index is -1.38. The van der Waals surface area contributed by atoms with Crippen LogP contribution in [0.15, 0.2) is 21.3 Å². The predicted molar refractivity (Wildman–Crippen MR) is 95.8 cm³/mol.